The maximum atomic E-state index is 11.3. The molecule has 0 aliphatic carbocycles. The number of hydrogen-bond donors (Lipinski definition) is 1. The summed E-state index contributed by atoms with van der Waals surface area (Å²) in [5.41, 5.74) is 0.571. The highest BCUT2D eigenvalue weighted by Gasteiger charge is 2.11. The summed E-state index contributed by atoms with van der Waals surface area (Å²) in [5.74, 6) is 1.55. The Morgan fingerprint density at radius 3 is 2.70 bits per heavy atom. The Morgan fingerprint density at radius 1 is 1.40 bits per heavy atom. The Labute approximate surface area is 118 Å². The topological polar surface area (TPSA) is 87.2 Å². The lowest BCUT2D eigenvalue weighted by atomic mass is 10.2. The Kier molecular flexibility index (Phi) is 4.10. The minimum absolute atomic E-state index is 0.119. The van der Waals surface area contributed by atoms with Gasteiger partial charge in [-0.05, 0) is 30.7 Å². The van der Waals surface area contributed by atoms with Crippen LogP contribution in [-0.4, -0.2) is 24.6 Å². The van der Waals surface area contributed by atoms with Gasteiger partial charge in [0.1, 0.15) is 11.6 Å². The third kappa shape index (κ3) is 3.37. The number of aromatic nitrogens is 2. The number of imidazole rings is 1. The SMILES string of the molecule is Cc1cc(OCCc2nccn2C)ccc1S(N)(=O)=O. The first-order valence-corrected chi connectivity index (χ1v) is 7.65. The third-order valence-electron chi connectivity index (χ3n) is 2.97. The van der Waals surface area contributed by atoms with Crippen LogP contribution >= 0.6 is 0 Å². The predicted octanol–water partition coefficient (Wildman–Crippen LogP) is 0.997. The molecule has 0 saturated carbocycles. The lowest BCUT2D eigenvalue weighted by Crippen LogP contribution is -2.13. The summed E-state index contributed by atoms with van der Waals surface area (Å²) in [5, 5.41) is 5.11. The molecule has 7 heteroatoms. The van der Waals surface area contributed by atoms with Crippen LogP contribution in [0.15, 0.2) is 35.5 Å². The van der Waals surface area contributed by atoms with Crippen LogP contribution < -0.4 is 9.88 Å². The molecular weight excluding hydrogens is 278 g/mol. The molecule has 0 unspecified atom stereocenters. The first-order valence-electron chi connectivity index (χ1n) is 6.10. The predicted molar refractivity (Wildman–Crippen MR) is 75.0 cm³/mol. The van der Waals surface area contributed by atoms with Crippen LogP contribution in [0.3, 0.4) is 0 Å². The Morgan fingerprint density at radius 2 is 2.15 bits per heavy atom. The molecule has 0 aliphatic rings. The molecule has 2 rings (SSSR count). The van der Waals surface area contributed by atoms with Gasteiger partial charge in [0, 0.05) is 25.9 Å². The number of primary sulfonamides is 1. The highest BCUT2D eigenvalue weighted by Crippen LogP contribution is 2.20. The maximum absolute atomic E-state index is 11.3. The Balaban J connectivity index is 2.01. The van der Waals surface area contributed by atoms with E-state index in [1.165, 1.54) is 6.07 Å². The van der Waals surface area contributed by atoms with Crippen molar-refractivity contribution in [1.82, 2.24) is 9.55 Å². The highest BCUT2D eigenvalue weighted by atomic mass is 32.2. The van der Waals surface area contributed by atoms with E-state index in [1.54, 1.807) is 25.3 Å². The zero-order valence-electron chi connectivity index (χ0n) is 11.4. The summed E-state index contributed by atoms with van der Waals surface area (Å²) in [6, 6.07) is 4.73. The Hall–Kier alpha value is -1.86. The van der Waals surface area contributed by atoms with E-state index >= 15 is 0 Å². The van der Waals surface area contributed by atoms with Crippen molar-refractivity contribution in [3.63, 3.8) is 0 Å². The van der Waals surface area contributed by atoms with Gasteiger partial charge >= 0.3 is 0 Å². The fraction of sp³-hybridized carbons (Fsp3) is 0.308. The molecule has 0 spiro atoms. The molecule has 6 nitrogen and oxygen atoms in total. The summed E-state index contributed by atoms with van der Waals surface area (Å²) in [6.45, 7) is 2.16. The molecule has 0 bridgehead atoms. The fourth-order valence-electron chi connectivity index (χ4n) is 1.93. The van der Waals surface area contributed by atoms with Crippen LogP contribution in [0.1, 0.15) is 11.4 Å². The van der Waals surface area contributed by atoms with Gasteiger partial charge in [0.15, 0.2) is 0 Å². The molecule has 0 aliphatic heterocycles. The summed E-state index contributed by atoms with van der Waals surface area (Å²) in [7, 11) is -1.76. The van der Waals surface area contributed by atoms with Gasteiger partial charge in [0.05, 0.1) is 11.5 Å². The van der Waals surface area contributed by atoms with Gasteiger partial charge in [0.2, 0.25) is 10.0 Å². The van der Waals surface area contributed by atoms with E-state index in [-0.39, 0.29) is 4.90 Å². The summed E-state index contributed by atoms with van der Waals surface area (Å²) in [4.78, 5) is 4.32. The van der Waals surface area contributed by atoms with E-state index in [1.807, 2.05) is 17.8 Å². The van der Waals surface area contributed by atoms with Crippen molar-refractivity contribution in [2.24, 2.45) is 12.2 Å². The first-order chi connectivity index (χ1) is 9.38. The number of nitrogens with two attached hydrogens (primary N) is 1. The number of aryl methyl sites for hydroxylation is 2. The normalized spacial score (nSPS) is 11.6. The van der Waals surface area contributed by atoms with E-state index in [4.69, 9.17) is 9.88 Å². The average Bonchev–Trinajstić information content (AvgIpc) is 2.73. The zero-order chi connectivity index (χ0) is 14.8. The highest BCUT2D eigenvalue weighted by molar-refractivity contribution is 7.89. The van der Waals surface area contributed by atoms with E-state index in [0.717, 1.165) is 5.82 Å². The van der Waals surface area contributed by atoms with Crippen LogP contribution in [0, 0.1) is 6.92 Å². The molecule has 2 N–H and O–H groups in total. The van der Waals surface area contributed by atoms with E-state index in [9.17, 15) is 8.42 Å². The molecule has 1 heterocycles. The molecule has 20 heavy (non-hydrogen) atoms. The van der Waals surface area contributed by atoms with Crippen LogP contribution in [0.2, 0.25) is 0 Å². The molecule has 1 aromatic carbocycles. The van der Waals surface area contributed by atoms with E-state index in [2.05, 4.69) is 4.98 Å². The van der Waals surface area contributed by atoms with Crippen molar-refractivity contribution < 1.29 is 13.2 Å². The van der Waals surface area contributed by atoms with Gasteiger partial charge in [-0.3, -0.25) is 0 Å². The van der Waals surface area contributed by atoms with Gasteiger partial charge in [-0.25, -0.2) is 18.5 Å². The van der Waals surface area contributed by atoms with Crippen LogP contribution in [0.5, 0.6) is 5.75 Å². The second kappa shape index (κ2) is 5.64. The van der Waals surface area contributed by atoms with E-state index in [0.29, 0.717) is 24.3 Å². The minimum Gasteiger partial charge on any atom is -0.493 e. The second-order valence-electron chi connectivity index (χ2n) is 4.53. The molecule has 0 amide bonds. The molecule has 108 valence electrons. The van der Waals surface area contributed by atoms with Crippen molar-refractivity contribution in [3.05, 3.63) is 42.0 Å². The number of ether oxygens (including phenoxy) is 1. The number of hydrogen-bond acceptors (Lipinski definition) is 4. The first kappa shape index (κ1) is 14.5. The molecular formula is C13H17N3O3S. The van der Waals surface area contributed by atoms with Gasteiger partial charge in [-0.2, -0.15) is 0 Å². The third-order valence-corrected chi connectivity index (χ3v) is 4.04. The van der Waals surface area contributed by atoms with Crippen molar-refractivity contribution >= 4 is 10.0 Å². The Bertz CT molecular complexity index is 707. The second-order valence-corrected chi connectivity index (χ2v) is 6.05. The monoisotopic (exact) mass is 295 g/mol. The number of benzene rings is 1. The average molecular weight is 295 g/mol. The number of nitrogens with zero attached hydrogens (tertiary/aromatic N) is 2. The standard InChI is InChI=1S/C13H17N3O3S/c1-10-9-11(3-4-12(10)20(14,17)18)19-8-5-13-15-6-7-16(13)2/h3-4,6-7,9H,5,8H2,1-2H3,(H2,14,17,18). The van der Waals surface area contributed by atoms with Crippen molar-refractivity contribution in [2.75, 3.05) is 6.61 Å². The fourth-order valence-corrected chi connectivity index (χ4v) is 2.69. The summed E-state index contributed by atoms with van der Waals surface area (Å²) in [6.07, 6.45) is 4.29. The van der Waals surface area contributed by atoms with Crippen molar-refractivity contribution in [3.8, 4) is 5.75 Å². The quantitative estimate of drug-likeness (QED) is 0.891. The van der Waals surface area contributed by atoms with Crippen molar-refractivity contribution in [2.45, 2.75) is 18.2 Å². The lowest BCUT2D eigenvalue weighted by molar-refractivity contribution is 0.317. The zero-order valence-corrected chi connectivity index (χ0v) is 12.2. The van der Waals surface area contributed by atoms with Crippen LogP contribution in [0.4, 0.5) is 0 Å². The maximum Gasteiger partial charge on any atom is 0.238 e. The summed E-state index contributed by atoms with van der Waals surface area (Å²) >= 11 is 0. The van der Waals surface area contributed by atoms with Gasteiger partial charge < -0.3 is 9.30 Å². The molecule has 0 fully saturated rings. The molecule has 0 atom stereocenters. The molecule has 1 aromatic heterocycles. The molecule has 0 radical (unpaired) electrons. The van der Waals surface area contributed by atoms with E-state index < -0.39 is 10.0 Å². The van der Waals surface area contributed by atoms with Gasteiger partial charge in [0.25, 0.3) is 0 Å². The van der Waals surface area contributed by atoms with Gasteiger partial charge in [-0.15, -0.1) is 0 Å². The van der Waals surface area contributed by atoms with Gasteiger partial charge in [-0.1, -0.05) is 0 Å². The number of sulfonamides is 1. The van der Waals surface area contributed by atoms with Crippen molar-refractivity contribution in [1.29, 1.82) is 0 Å². The minimum atomic E-state index is -3.68. The lowest BCUT2D eigenvalue weighted by Gasteiger charge is -2.09. The molecule has 2 aromatic rings. The molecule has 0 saturated heterocycles. The smallest absolute Gasteiger partial charge is 0.238 e. The van der Waals surface area contributed by atoms with Crippen LogP contribution in [0.25, 0.3) is 0 Å². The largest absolute Gasteiger partial charge is 0.493 e. The summed E-state index contributed by atoms with van der Waals surface area (Å²) < 4.78 is 30.1. The van der Waals surface area contributed by atoms with Crippen LogP contribution in [-0.2, 0) is 23.5 Å². The number of rotatable bonds is 5.